The standard InChI is InChI=1S/C12H12N4O2/c1-7-4-5-9(6-10(7)12(17)18-3)11-15-13-8(2)14-16-11/h4-6H,1-3H3. The Morgan fingerprint density at radius 2 is 1.78 bits per heavy atom. The first-order valence-electron chi connectivity index (χ1n) is 5.35. The lowest BCUT2D eigenvalue weighted by molar-refractivity contribution is 0.0600. The number of hydrogen-bond acceptors (Lipinski definition) is 6. The average molecular weight is 244 g/mol. The van der Waals surface area contributed by atoms with Crippen LogP contribution in [-0.2, 0) is 4.74 Å². The van der Waals surface area contributed by atoms with Gasteiger partial charge in [0.15, 0.2) is 5.82 Å². The third-order valence-electron chi connectivity index (χ3n) is 2.48. The monoisotopic (exact) mass is 244 g/mol. The van der Waals surface area contributed by atoms with E-state index >= 15 is 0 Å². The predicted octanol–water partition coefficient (Wildman–Crippen LogP) is 1.34. The number of hydrogen-bond donors (Lipinski definition) is 0. The van der Waals surface area contributed by atoms with Crippen LogP contribution in [0.25, 0.3) is 11.4 Å². The van der Waals surface area contributed by atoms with Gasteiger partial charge in [0.2, 0.25) is 5.82 Å². The molecule has 1 aromatic heterocycles. The molecule has 2 rings (SSSR count). The lowest BCUT2D eigenvalue weighted by atomic mass is 10.0. The minimum atomic E-state index is -0.387. The second kappa shape index (κ2) is 4.87. The summed E-state index contributed by atoms with van der Waals surface area (Å²) >= 11 is 0. The zero-order chi connectivity index (χ0) is 13.1. The van der Waals surface area contributed by atoms with Crippen LogP contribution in [0.15, 0.2) is 18.2 Å². The van der Waals surface area contributed by atoms with E-state index in [-0.39, 0.29) is 5.97 Å². The van der Waals surface area contributed by atoms with Crippen molar-refractivity contribution in [3.8, 4) is 11.4 Å². The van der Waals surface area contributed by atoms with Crippen LogP contribution in [0.5, 0.6) is 0 Å². The van der Waals surface area contributed by atoms with Crippen molar-refractivity contribution in [2.24, 2.45) is 0 Å². The number of carbonyl (C=O) groups is 1. The molecule has 0 aliphatic heterocycles. The van der Waals surface area contributed by atoms with Crippen LogP contribution in [0, 0.1) is 13.8 Å². The highest BCUT2D eigenvalue weighted by molar-refractivity contribution is 5.92. The summed E-state index contributed by atoms with van der Waals surface area (Å²) in [5.74, 6) is 0.493. The molecule has 1 heterocycles. The maximum Gasteiger partial charge on any atom is 0.338 e. The molecule has 1 aromatic carbocycles. The summed E-state index contributed by atoms with van der Waals surface area (Å²) in [7, 11) is 1.35. The van der Waals surface area contributed by atoms with E-state index in [1.807, 2.05) is 19.1 Å². The number of esters is 1. The quantitative estimate of drug-likeness (QED) is 0.742. The van der Waals surface area contributed by atoms with Gasteiger partial charge in [-0.25, -0.2) is 4.79 Å². The van der Waals surface area contributed by atoms with Crippen molar-refractivity contribution in [3.05, 3.63) is 35.2 Å². The fourth-order valence-electron chi connectivity index (χ4n) is 1.49. The summed E-state index contributed by atoms with van der Waals surface area (Å²) in [6, 6.07) is 5.30. The molecule has 0 fully saturated rings. The molecule has 0 unspecified atom stereocenters. The van der Waals surface area contributed by atoms with E-state index in [4.69, 9.17) is 4.74 Å². The second-order valence-corrected chi connectivity index (χ2v) is 3.79. The number of aryl methyl sites for hydroxylation is 2. The smallest absolute Gasteiger partial charge is 0.338 e. The van der Waals surface area contributed by atoms with Gasteiger partial charge in [0.25, 0.3) is 0 Å². The van der Waals surface area contributed by atoms with E-state index in [1.165, 1.54) is 7.11 Å². The van der Waals surface area contributed by atoms with Crippen LogP contribution in [0.4, 0.5) is 0 Å². The minimum absolute atomic E-state index is 0.380. The highest BCUT2D eigenvalue weighted by Gasteiger charge is 2.12. The van der Waals surface area contributed by atoms with Crippen molar-refractivity contribution in [2.75, 3.05) is 7.11 Å². The van der Waals surface area contributed by atoms with Gasteiger partial charge < -0.3 is 4.74 Å². The molecule has 0 spiro atoms. The Balaban J connectivity index is 2.46. The van der Waals surface area contributed by atoms with Crippen LogP contribution in [0.3, 0.4) is 0 Å². The number of nitrogens with zero attached hydrogens (tertiary/aromatic N) is 4. The Morgan fingerprint density at radius 3 is 2.39 bits per heavy atom. The zero-order valence-corrected chi connectivity index (χ0v) is 10.3. The predicted molar refractivity (Wildman–Crippen MR) is 63.9 cm³/mol. The molecule has 92 valence electrons. The Hall–Kier alpha value is -2.37. The maximum atomic E-state index is 11.6. The summed E-state index contributed by atoms with van der Waals surface area (Å²) in [6.45, 7) is 3.54. The Kier molecular flexibility index (Phi) is 3.27. The van der Waals surface area contributed by atoms with E-state index in [9.17, 15) is 4.79 Å². The first-order chi connectivity index (χ1) is 8.61. The van der Waals surface area contributed by atoms with Crippen LogP contribution in [0.1, 0.15) is 21.7 Å². The molecule has 18 heavy (non-hydrogen) atoms. The molecular weight excluding hydrogens is 232 g/mol. The fraction of sp³-hybridized carbons (Fsp3) is 0.250. The topological polar surface area (TPSA) is 77.9 Å². The number of benzene rings is 1. The number of rotatable bonds is 2. The summed E-state index contributed by atoms with van der Waals surface area (Å²) in [5.41, 5.74) is 2.00. The molecule has 0 aliphatic carbocycles. The van der Waals surface area contributed by atoms with Gasteiger partial charge in [0.1, 0.15) is 0 Å². The molecule has 0 atom stereocenters. The van der Waals surface area contributed by atoms with Crippen molar-refractivity contribution >= 4 is 5.97 Å². The van der Waals surface area contributed by atoms with Gasteiger partial charge in [0, 0.05) is 5.56 Å². The molecular formula is C12H12N4O2. The van der Waals surface area contributed by atoms with Gasteiger partial charge in [-0.3, -0.25) is 0 Å². The van der Waals surface area contributed by atoms with E-state index in [1.54, 1.807) is 13.0 Å². The van der Waals surface area contributed by atoms with Crippen LogP contribution >= 0.6 is 0 Å². The van der Waals surface area contributed by atoms with Crippen molar-refractivity contribution in [2.45, 2.75) is 13.8 Å². The number of carbonyl (C=O) groups excluding carboxylic acids is 1. The van der Waals surface area contributed by atoms with E-state index in [0.717, 1.165) is 5.56 Å². The zero-order valence-electron chi connectivity index (χ0n) is 10.3. The molecule has 6 nitrogen and oxygen atoms in total. The maximum absolute atomic E-state index is 11.6. The first kappa shape index (κ1) is 12.1. The number of aromatic nitrogens is 4. The highest BCUT2D eigenvalue weighted by Crippen LogP contribution is 2.18. The molecule has 2 aromatic rings. The third-order valence-corrected chi connectivity index (χ3v) is 2.48. The SMILES string of the molecule is COC(=O)c1cc(-c2nnc(C)nn2)ccc1C. The van der Waals surface area contributed by atoms with Crippen molar-refractivity contribution < 1.29 is 9.53 Å². The molecule has 6 heteroatoms. The second-order valence-electron chi connectivity index (χ2n) is 3.79. The molecule has 0 N–H and O–H groups in total. The Labute approximate surface area is 104 Å². The van der Waals surface area contributed by atoms with Gasteiger partial charge in [-0.15, -0.1) is 20.4 Å². The van der Waals surface area contributed by atoms with Crippen molar-refractivity contribution in [1.29, 1.82) is 0 Å². The molecule has 0 radical (unpaired) electrons. The normalized spacial score (nSPS) is 10.2. The molecule has 0 saturated carbocycles. The van der Waals surface area contributed by atoms with Crippen molar-refractivity contribution in [3.63, 3.8) is 0 Å². The molecule has 0 saturated heterocycles. The molecule has 0 amide bonds. The Morgan fingerprint density at radius 1 is 1.11 bits per heavy atom. The summed E-state index contributed by atoms with van der Waals surface area (Å²) in [4.78, 5) is 11.6. The van der Waals surface area contributed by atoms with E-state index < -0.39 is 0 Å². The fourth-order valence-corrected chi connectivity index (χ4v) is 1.49. The van der Waals surface area contributed by atoms with Gasteiger partial charge in [-0.1, -0.05) is 12.1 Å². The highest BCUT2D eigenvalue weighted by atomic mass is 16.5. The number of ether oxygens (including phenoxy) is 1. The first-order valence-corrected chi connectivity index (χ1v) is 5.35. The molecule has 0 bridgehead atoms. The minimum Gasteiger partial charge on any atom is -0.465 e. The lowest BCUT2D eigenvalue weighted by Crippen LogP contribution is -2.05. The van der Waals surface area contributed by atoms with Gasteiger partial charge in [-0.2, -0.15) is 0 Å². The van der Waals surface area contributed by atoms with E-state index in [2.05, 4.69) is 20.4 Å². The summed E-state index contributed by atoms with van der Waals surface area (Å²) < 4.78 is 4.72. The van der Waals surface area contributed by atoms with Crippen molar-refractivity contribution in [1.82, 2.24) is 20.4 Å². The summed E-state index contributed by atoms with van der Waals surface area (Å²) in [6.07, 6.45) is 0. The van der Waals surface area contributed by atoms with Gasteiger partial charge in [-0.05, 0) is 25.5 Å². The van der Waals surface area contributed by atoms with Crippen LogP contribution in [-0.4, -0.2) is 33.5 Å². The van der Waals surface area contributed by atoms with Gasteiger partial charge >= 0.3 is 5.97 Å². The lowest BCUT2D eigenvalue weighted by Gasteiger charge is -2.05. The van der Waals surface area contributed by atoms with Gasteiger partial charge in [0.05, 0.1) is 12.7 Å². The Bertz CT molecular complexity index is 581. The van der Waals surface area contributed by atoms with E-state index in [0.29, 0.717) is 22.8 Å². The van der Waals surface area contributed by atoms with Crippen LogP contribution < -0.4 is 0 Å². The van der Waals surface area contributed by atoms with Crippen LogP contribution in [0.2, 0.25) is 0 Å². The molecule has 0 aliphatic rings. The summed E-state index contributed by atoms with van der Waals surface area (Å²) in [5, 5.41) is 15.5. The third kappa shape index (κ3) is 2.32. The average Bonchev–Trinajstić information content (AvgIpc) is 2.39. The largest absolute Gasteiger partial charge is 0.465 e. The number of methoxy groups -OCH3 is 1.